The Hall–Kier alpha value is -1.69. The van der Waals surface area contributed by atoms with Crippen LogP contribution in [0.25, 0.3) is 10.1 Å². The van der Waals surface area contributed by atoms with Crippen LogP contribution in [0.3, 0.4) is 0 Å². The molecule has 0 spiro atoms. The SMILES string of the molecule is CC.CCCc1cc2c(C(C)C)nn(CC(=O)OCC)c(=O)c2s1. The summed E-state index contributed by atoms with van der Waals surface area (Å²) in [4.78, 5) is 25.4. The van der Waals surface area contributed by atoms with Gasteiger partial charge in [-0.3, -0.25) is 9.59 Å². The van der Waals surface area contributed by atoms with Gasteiger partial charge in [0.15, 0.2) is 0 Å². The molecule has 0 atom stereocenters. The Balaban J connectivity index is 0.00000139. The van der Waals surface area contributed by atoms with Crippen molar-refractivity contribution in [3.63, 3.8) is 0 Å². The molecule has 0 saturated heterocycles. The molecule has 2 aromatic heterocycles. The van der Waals surface area contributed by atoms with Crippen LogP contribution in [-0.2, 0) is 22.5 Å². The molecule has 6 heteroatoms. The lowest BCUT2D eigenvalue weighted by molar-refractivity contribution is -0.144. The minimum absolute atomic E-state index is 0.136. The minimum atomic E-state index is -0.434. The molecule has 0 amide bonds. The van der Waals surface area contributed by atoms with Crippen LogP contribution < -0.4 is 5.56 Å². The normalized spacial score (nSPS) is 10.6. The van der Waals surface area contributed by atoms with Crippen LogP contribution in [0.2, 0.25) is 0 Å². The summed E-state index contributed by atoms with van der Waals surface area (Å²) < 4.78 is 6.85. The highest BCUT2D eigenvalue weighted by molar-refractivity contribution is 7.19. The van der Waals surface area contributed by atoms with Gasteiger partial charge in [0.2, 0.25) is 0 Å². The summed E-state index contributed by atoms with van der Waals surface area (Å²) in [7, 11) is 0. The van der Waals surface area contributed by atoms with Crippen molar-refractivity contribution in [3.8, 4) is 0 Å². The number of aryl methyl sites for hydroxylation is 1. The maximum absolute atomic E-state index is 12.6. The van der Waals surface area contributed by atoms with Crippen molar-refractivity contribution in [3.05, 3.63) is 27.0 Å². The molecule has 2 aromatic rings. The lowest BCUT2D eigenvalue weighted by atomic mass is 10.1. The highest BCUT2D eigenvalue weighted by Crippen LogP contribution is 2.29. The van der Waals surface area contributed by atoms with Crippen molar-refractivity contribution in [2.45, 2.75) is 66.8 Å². The highest BCUT2D eigenvalue weighted by Gasteiger charge is 2.18. The number of hydrogen-bond donors (Lipinski definition) is 0. The molecule has 0 N–H and O–H groups in total. The molecule has 134 valence electrons. The fourth-order valence-electron chi connectivity index (χ4n) is 2.37. The molecule has 0 unspecified atom stereocenters. The van der Waals surface area contributed by atoms with E-state index in [0.29, 0.717) is 11.3 Å². The van der Waals surface area contributed by atoms with E-state index in [4.69, 9.17) is 4.74 Å². The standard InChI is InChI=1S/C16H22N2O3S.C2H6/c1-5-7-11-8-12-14(10(3)4)17-18(9-13(19)21-6-2)16(20)15(12)22-11;1-2/h8,10H,5-7,9H2,1-4H3;1-2H3. The molecule has 24 heavy (non-hydrogen) atoms. The molecule has 0 fully saturated rings. The molecule has 5 nitrogen and oxygen atoms in total. The zero-order valence-electron chi connectivity index (χ0n) is 15.5. The van der Waals surface area contributed by atoms with Crippen molar-refractivity contribution < 1.29 is 9.53 Å². The van der Waals surface area contributed by atoms with Gasteiger partial charge < -0.3 is 4.74 Å². The van der Waals surface area contributed by atoms with Gasteiger partial charge >= 0.3 is 5.97 Å². The van der Waals surface area contributed by atoms with E-state index in [1.54, 1.807) is 6.92 Å². The van der Waals surface area contributed by atoms with Gasteiger partial charge in [0.05, 0.1) is 12.3 Å². The van der Waals surface area contributed by atoms with Gasteiger partial charge in [-0.1, -0.05) is 41.0 Å². The Labute approximate surface area is 147 Å². The second kappa shape index (κ2) is 9.57. The number of carbonyl (C=O) groups excluding carboxylic acids is 1. The van der Waals surface area contributed by atoms with Gasteiger partial charge in [-0.05, 0) is 25.3 Å². The van der Waals surface area contributed by atoms with E-state index < -0.39 is 5.97 Å². The fourth-order valence-corrected chi connectivity index (χ4v) is 3.58. The number of ether oxygens (including phenoxy) is 1. The van der Waals surface area contributed by atoms with E-state index in [1.807, 2.05) is 27.7 Å². The number of nitrogens with zero attached hydrogens (tertiary/aromatic N) is 2. The van der Waals surface area contributed by atoms with Gasteiger partial charge in [-0.25, -0.2) is 4.68 Å². The summed E-state index contributed by atoms with van der Waals surface area (Å²) in [5.41, 5.74) is 0.650. The van der Waals surface area contributed by atoms with Crippen molar-refractivity contribution in [1.29, 1.82) is 0 Å². The van der Waals surface area contributed by atoms with Crippen LogP contribution >= 0.6 is 11.3 Å². The van der Waals surface area contributed by atoms with Crippen LogP contribution in [0, 0.1) is 0 Å². The first-order chi connectivity index (χ1) is 11.5. The van der Waals surface area contributed by atoms with E-state index in [2.05, 4.69) is 18.1 Å². The fraction of sp³-hybridized carbons (Fsp3) is 0.611. The Bertz CT molecular complexity index is 732. The predicted octanol–water partition coefficient (Wildman–Crippen LogP) is 4.12. The molecule has 0 aliphatic rings. The largest absolute Gasteiger partial charge is 0.465 e. The first-order valence-electron chi connectivity index (χ1n) is 8.66. The molecule has 2 heterocycles. The van der Waals surface area contributed by atoms with Gasteiger partial charge in [-0.2, -0.15) is 5.10 Å². The molecule has 0 aromatic carbocycles. The quantitative estimate of drug-likeness (QED) is 0.734. The number of aromatic nitrogens is 2. The Kier molecular flexibility index (Phi) is 8.11. The predicted molar refractivity (Wildman–Crippen MR) is 99.9 cm³/mol. The molecule has 0 saturated carbocycles. The average Bonchev–Trinajstić information content (AvgIpc) is 2.96. The van der Waals surface area contributed by atoms with Gasteiger partial charge in [0.1, 0.15) is 11.2 Å². The second-order valence-corrected chi connectivity index (χ2v) is 6.65. The van der Waals surface area contributed by atoms with Crippen molar-refractivity contribution in [1.82, 2.24) is 9.78 Å². The number of hydrogen-bond acceptors (Lipinski definition) is 5. The van der Waals surface area contributed by atoms with Crippen LogP contribution in [0.5, 0.6) is 0 Å². The number of fused-ring (bicyclic) bond motifs is 1. The molecule has 0 aliphatic carbocycles. The molecule has 2 rings (SSSR count). The molecular weight excluding hydrogens is 324 g/mol. The Morgan fingerprint density at radius 3 is 2.54 bits per heavy atom. The van der Waals surface area contributed by atoms with E-state index in [-0.39, 0.29) is 18.0 Å². The third-order valence-electron chi connectivity index (χ3n) is 3.34. The van der Waals surface area contributed by atoms with Crippen LogP contribution in [0.1, 0.15) is 64.5 Å². The topological polar surface area (TPSA) is 61.2 Å². The second-order valence-electron chi connectivity index (χ2n) is 5.51. The molecule has 0 aliphatic heterocycles. The summed E-state index contributed by atoms with van der Waals surface area (Å²) >= 11 is 1.51. The van der Waals surface area contributed by atoms with Crippen molar-refractivity contribution in [2.75, 3.05) is 6.61 Å². The first kappa shape index (κ1) is 20.4. The molecule has 0 bridgehead atoms. The highest BCUT2D eigenvalue weighted by atomic mass is 32.1. The van der Waals surface area contributed by atoms with Gasteiger partial charge in [-0.15, -0.1) is 11.3 Å². The monoisotopic (exact) mass is 352 g/mol. The number of carbonyl (C=O) groups is 1. The number of rotatable bonds is 6. The van der Waals surface area contributed by atoms with Crippen LogP contribution in [0.15, 0.2) is 10.9 Å². The third-order valence-corrected chi connectivity index (χ3v) is 4.53. The zero-order valence-corrected chi connectivity index (χ0v) is 16.3. The summed E-state index contributed by atoms with van der Waals surface area (Å²) in [5, 5.41) is 5.33. The number of esters is 1. The maximum Gasteiger partial charge on any atom is 0.327 e. The van der Waals surface area contributed by atoms with E-state index in [0.717, 1.165) is 23.9 Å². The smallest absolute Gasteiger partial charge is 0.327 e. The maximum atomic E-state index is 12.6. The van der Waals surface area contributed by atoms with E-state index in [1.165, 1.54) is 20.9 Å². The minimum Gasteiger partial charge on any atom is -0.465 e. The summed E-state index contributed by atoms with van der Waals surface area (Å²) in [6, 6.07) is 2.07. The summed E-state index contributed by atoms with van der Waals surface area (Å²) in [6.45, 7) is 12.1. The summed E-state index contributed by atoms with van der Waals surface area (Å²) in [5.74, 6) is -0.253. The third kappa shape index (κ3) is 4.66. The van der Waals surface area contributed by atoms with E-state index in [9.17, 15) is 9.59 Å². The number of thiophene rings is 1. The van der Waals surface area contributed by atoms with Crippen molar-refractivity contribution >= 4 is 27.4 Å². The Morgan fingerprint density at radius 2 is 2.00 bits per heavy atom. The Morgan fingerprint density at radius 1 is 1.33 bits per heavy atom. The van der Waals surface area contributed by atoms with Crippen LogP contribution in [-0.4, -0.2) is 22.4 Å². The first-order valence-corrected chi connectivity index (χ1v) is 9.48. The average molecular weight is 353 g/mol. The zero-order chi connectivity index (χ0) is 18.3. The summed E-state index contributed by atoms with van der Waals surface area (Å²) in [6.07, 6.45) is 1.99. The molecule has 0 radical (unpaired) electrons. The van der Waals surface area contributed by atoms with Crippen LogP contribution in [0.4, 0.5) is 0 Å². The lowest BCUT2D eigenvalue weighted by Crippen LogP contribution is -2.28. The lowest BCUT2D eigenvalue weighted by Gasteiger charge is -2.10. The van der Waals surface area contributed by atoms with Gasteiger partial charge in [0, 0.05) is 10.3 Å². The van der Waals surface area contributed by atoms with Crippen molar-refractivity contribution in [2.24, 2.45) is 0 Å². The van der Waals surface area contributed by atoms with Gasteiger partial charge in [0.25, 0.3) is 5.56 Å². The molecular formula is C18H28N2O3S. The van der Waals surface area contributed by atoms with E-state index >= 15 is 0 Å².